The van der Waals surface area contributed by atoms with Crippen LogP contribution in [-0.4, -0.2) is 36.0 Å². The number of carbonyl (C=O) groups is 2. The van der Waals surface area contributed by atoms with Crippen LogP contribution in [0, 0.1) is 0 Å². The van der Waals surface area contributed by atoms with E-state index < -0.39 is 12.1 Å². The molecular formula is C13H15F3N2O2. The van der Waals surface area contributed by atoms with E-state index in [1.807, 2.05) is 0 Å². The number of halogens is 3. The molecule has 7 heteroatoms. The van der Waals surface area contributed by atoms with Crippen LogP contribution in [0.2, 0.25) is 0 Å². The smallest absolute Gasteiger partial charge is 0.339 e. The van der Waals surface area contributed by atoms with Gasteiger partial charge in [0.2, 0.25) is 0 Å². The third kappa shape index (κ3) is 3.97. The Labute approximate surface area is 114 Å². The van der Waals surface area contributed by atoms with Crippen molar-refractivity contribution in [3.8, 4) is 0 Å². The molecule has 1 N–H and O–H groups in total. The number of hydrogen-bond acceptors (Lipinski definition) is 2. The van der Waals surface area contributed by atoms with E-state index in [9.17, 15) is 22.8 Å². The lowest BCUT2D eigenvalue weighted by Gasteiger charge is -2.19. The first kappa shape index (κ1) is 16.0. The Morgan fingerprint density at radius 3 is 2.30 bits per heavy atom. The Kier molecular flexibility index (Phi) is 5.12. The van der Waals surface area contributed by atoms with Gasteiger partial charge < -0.3 is 10.2 Å². The largest absolute Gasteiger partial charge is 0.471 e. The third-order valence-electron chi connectivity index (χ3n) is 2.68. The summed E-state index contributed by atoms with van der Waals surface area (Å²) in [6.45, 7) is 4.59. The molecule has 2 amide bonds. The van der Waals surface area contributed by atoms with Gasteiger partial charge in [-0.15, -0.1) is 0 Å². The predicted octanol–water partition coefficient (Wildman–Crippen LogP) is 2.67. The standard InChI is InChI=1S/C13H15F3N2O2/c1-3-18(4-2)11(19)9-6-5-7-10(8-9)17-12(20)13(14,15)16/h5-8H,3-4H2,1-2H3,(H,17,20). The molecule has 0 heterocycles. The van der Waals surface area contributed by atoms with Gasteiger partial charge >= 0.3 is 12.1 Å². The molecule has 1 rings (SSSR count). The van der Waals surface area contributed by atoms with E-state index in [0.717, 1.165) is 0 Å². The summed E-state index contributed by atoms with van der Waals surface area (Å²) < 4.78 is 36.4. The molecule has 0 radical (unpaired) electrons. The van der Waals surface area contributed by atoms with Gasteiger partial charge in [0.05, 0.1) is 0 Å². The fourth-order valence-electron chi connectivity index (χ4n) is 1.63. The summed E-state index contributed by atoms with van der Waals surface area (Å²) in [7, 11) is 0. The monoisotopic (exact) mass is 288 g/mol. The van der Waals surface area contributed by atoms with Crippen LogP contribution in [0.4, 0.5) is 18.9 Å². The summed E-state index contributed by atoms with van der Waals surface area (Å²) in [4.78, 5) is 24.4. The Morgan fingerprint density at radius 1 is 1.20 bits per heavy atom. The van der Waals surface area contributed by atoms with E-state index in [-0.39, 0.29) is 17.2 Å². The van der Waals surface area contributed by atoms with Crippen molar-refractivity contribution < 1.29 is 22.8 Å². The molecule has 0 bridgehead atoms. The molecule has 0 aliphatic heterocycles. The maximum atomic E-state index is 12.1. The molecule has 0 aromatic heterocycles. The minimum atomic E-state index is -4.96. The summed E-state index contributed by atoms with van der Waals surface area (Å²) in [6, 6.07) is 5.43. The lowest BCUT2D eigenvalue weighted by Crippen LogP contribution is -2.31. The van der Waals surface area contributed by atoms with Crippen LogP contribution in [0.1, 0.15) is 24.2 Å². The number of nitrogens with zero attached hydrogens (tertiary/aromatic N) is 1. The number of amides is 2. The number of benzene rings is 1. The Hall–Kier alpha value is -2.05. The minimum Gasteiger partial charge on any atom is -0.339 e. The highest BCUT2D eigenvalue weighted by Gasteiger charge is 2.38. The Bertz CT molecular complexity index is 497. The van der Waals surface area contributed by atoms with E-state index in [2.05, 4.69) is 0 Å². The van der Waals surface area contributed by atoms with Crippen molar-refractivity contribution in [1.29, 1.82) is 0 Å². The lowest BCUT2D eigenvalue weighted by molar-refractivity contribution is -0.167. The summed E-state index contributed by atoms with van der Waals surface area (Å²) >= 11 is 0. The minimum absolute atomic E-state index is 0.0645. The van der Waals surface area contributed by atoms with Gasteiger partial charge in [-0.1, -0.05) is 6.07 Å². The summed E-state index contributed by atoms with van der Waals surface area (Å²) in [5.41, 5.74) is 0.166. The van der Waals surface area contributed by atoms with Crippen LogP contribution in [0.15, 0.2) is 24.3 Å². The molecule has 1 aromatic carbocycles. The highest BCUT2D eigenvalue weighted by molar-refractivity contribution is 5.98. The molecule has 110 valence electrons. The molecule has 0 saturated carbocycles. The lowest BCUT2D eigenvalue weighted by atomic mass is 10.1. The molecule has 0 spiro atoms. The first-order chi connectivity index (χ1) is 9.29. The maximum absolute atomic E-state index is 12.1. The number of alkyl halides is 3. The van der Waals surface area contributed by atoms with Gasteiger partial charge in [0.1, 0.15) is 0 Å². The van der Waals surface area contributed by atoms with Crippen molar-refractivity contribution in [2.75, 3.05) is 18.4 Å². The number of hydrogen-bond donors (Lipinski definition) is 1. The molecule has 0 fully saturated rings. The van der Waals surface area contributed by atoms with Crippen molar-refractivity contribution in [2.45, 2.75) is 20.0 Å². The average molecular weight is 288 g/mol. The normalized spacial score (nSPS) is 11.1. The summed E-state index contributed by atoms with van der Waals surface area (Å²) in [5, 5.41) is 1.72. The number of rotatable bonds is 4. The van der Waals surface area contributed by atoms with E-state index in [1.54, 1.807) is 19.2 Å². The van der Waals surface area contributed by atoms with Gasteiger partial charge in [-0.2, -0.15) is 13.2 Å². The van der Waals surface area contributed by atoms with Crippen molar-refractivity contribution in [2.24, 2.45) is 0 Å². The van der Waals surface area contributed by atoms with Gasteiger partial charge in [-0.3, -0.25) is 9.59 Å². The average Bonchev–Trinajstić information content (AvgIpc) is 2.39. The molecule has 20 heavy (non-hydrogen) atoms. The first-order valence-corrected chi connectivity index (χ1v) is 6.07. The van der Waals surface area contributed by atoms with Gasteiger partial charge in [0, 0.05) is 24.3 Å². The zero-order valence-corrected chi connectivity index (χ0v) is 11.1. The van der Waals surface area contributed by atoms with Crippen molar-refractivity contribution in [3.63, 3.8) is 0 Å². The number of anilines is 1. The van der Waals surface area contributed by atoms with Crippen LogP contribution in [0.3, 0.4) is 0 Å². The second-order valence-electron chi connectivity index (χ2n) is 4.01. The van der Waals surface area contributed by atoms with Gasteiger partial charge in [0.15, 0.2) is 0 Å². The topological polar surface area (TPSA) is 49.4 Å². The highest BCUT2D eigenvalue weighted by atomic mass is 19.4. The predicted molar refractivity (Wildman–Crippen MR) is 68.4 cm³/mol. The van der Waals surface area contributed by atoms with Crippen LogP contribution in [0.25, 0.3) is 0 Å². The van der Waals surface area contributed by atoms with Crippen molar-refractivity contribution >= 4 is 17.5 Å². The van der Waals surface area contributed by atoms with Crippen molar-refractivity contribution in [1.82, 2.24) is 4.90 Å². The fourth-order valence-corrected chi connectivity index (χ4v) is 1.63. The van der Waals surface area contributed by atoms with Gasteiger partial charge in [-0.05, 0) is 32.0 Å². The molecule has 4 nitrogen and oxygen atoms in total. The van der Waals surface area contributed by atoms with E-state index >= 15 is 0 Å². The van der Waals surface area contributed by atoms with E-state index in [4.69, 9.17) is 0 Å². The fraction of sp³-hybridized carbons (Fsp3) is 0.385. The van der Waals surface area contributed by atoms with Crippen LogP contribution < -0.4 is 5.32 Å². The summed E-state index contributed by atoms with van der Waals surface area (Å²) in [6.07, 6.45) is -4.96. The SMILES string of the molecule is CCN(CC)C(=O)c1cccc(NC(=O)C(F)(F)F)c1. The van der Waals surface area contributed by atoms with Gasteiger partial charge in [0.25, 0.3) is 5.91 Å². The molecule has 0 saturated heterocycles. The highest BCUT2D eigenvalue weighted by Crippen LogP contribution is 2.19. The van der Waals surface area contributed by atoms with Crippen molar-refractivity contribution in [3.05, 3.63) is 29.8 Å². The zero-order chi connectivity index (χ0) is 15.3. The molecule has 0 aliphatic rings. The second kappa shape index (κ2) is 6.40. The second-order valence-corrected chi connectivity index (χ2v) is 4.01. The van der Waals surface area contributed by atoms with E-state index in [0.29, 0.717) is 13.1 Å². The maximum Gasteiger partial charge on any atom is 0.471 e. The molecule has 1 aromatic rings. The first-order valence-electron chi connectivity index (χ1n) is 6.07. The van der Waals surface area contributed by atoms with Crippen LogP contribution in [-0.2, 0) is 4.79 Å². The quantitative estimate of drug-likeness (QED) is 0.926. The van der Waals surface area contributed by atoms with Gasteiger partial charge in [-0.25, -0.2) is 0 Å². The van der Waals surface area contributed by atoms with Crippen LogP contribution in [0.5, 0.6) is 0 Å². The number of carbonyl (C=O) groups excluding carboxylic acids is 2. The number of nitrogens with one attached hydrogen (secondary N) is 1. The zero-order valence-electron chi connectivity index (χ0n) is 11.1. The molecule has 0 atom stereocenters. The molecular weight excluding hydrogens is 273 g/mol. The molecule has 0 aliphatic carbocycles. The van der Waals surface area contributed by atoms with E-state index in [1.165, 1.54) is 29.2 Å². The Balaban J connectivity index is 2.91. The Morgan fingerprint density at radius 2 is 1.80 bits per heavy atom. The van der Waals surface area contributed by atoms with Crippen LogP contribution >= 0.6 is 0 Å². The summed E-state index contributed by atoms with van der Waals surface area (Å²) in [5.74, 6) is -2.36. The molecule has 0 unspecified atom stereocenters. The third-order valence-corrected chi connectivity index (χ3v) is 2.68.